The lowest BCUT2D eigenvalue weighted by atomic mass is 10.2. The minimum Gasteiger partial charge on any atom is -0.494 e. The van der Waals surface area contributed by atoms with Gasteiger partial charge in [0.25, 0.3) is 0 Å². The minimum atomic E-state index is 0.108. The third-order valence-electron chi connectivity index (χ3n) is 2.94. The van der Waals surface area contributed by atoms with E-state index in [1.54, 1.807) is 0 Å². The summed E-state index contributed by atoms with van der Waals surface area (Å²) in [6.45, 7) is 9.20. The second-order valence-corrected chi connectivity index (χ2v) is 5.62. The highest BCUT2D eigenvalue weighted by Crippen LogP contribution is 2.13. The van der Waals surface area contributed by atoms with Gasteiger partial charge in [0.2, 0.25) is 5.91 Å². The fourth-order valence-corrected chi connectivity index (χ4v) is 1.81. The van der Waals surface area contributed by atoms with Gasteiger partial charge in [0, 0.05) is 26.1 Å². The SMILES string of the molecule is CCCOc1cccc(CNCCC(=O)NCC(C)C)c1. The first-order valence-corrected chi connectivity index (χ1v) is 7.81. The van der Waals surface area contributed by atoms with E-state index in [4.69, 9.17) is 4.74 Å². The van der Waals surface area contributed by atoms with E-state index in [9.17, 15) is 4.79 Å². The van der Waals surface area contributed by atoms with Gasteiger partial charge in [0.05, 0.1) is 6.61 Å². The Hall–Kier alpha value is -1.55. The maximum Gasteiger partial charge on any atom is 0.221 e. The van der Waals surface area contributed by atoms with Crippen LogP contribution in [0.4, 0.5) is 0 Å². The van der Waals surface area contributed by atoms with Gasteiger partial charge in [-0.25, -0.2) is 0 Å². The molecule has 118 valence electrons. The summed E-state index contributed by atoms with van der Waals surface area (Å²) in [5.74, 6) is 1.51. The molecule has 2 N–H and O–H groups in total. The molecular weight excluding hydrogens is 264 g/mol. The Balaban J connectivity index is 2.21. The Morgan fingerprint density at radius 3 is 2.86 bits per heavy atom. The molecule has 0 aliphatic carbocycles. The molecule has 1 amide bonds. The van der Waals surface area contributed by atoms with Crippen molar-refractivity contribution in [3.8, 4) is 5.75 Å². The molecule has 0 radical (unpaired) electrons. The predicted octanol–water partition coefficient (Wildman–Crippen LogP) is 2.73. The third kappa shape index (κ3) is 8.35. The summed E-state index contributed by atoms with van der Waals surface area (Å²) in [6, 6.07) is 8.07. The number of hydrogen-bond donors (Lipinski definition) is 2. The van der Waals surface area contributed by atoms with E-state index in [-0.39, 0.29) is 5.91 Å². The number of carbonyl (C=O) groups is 1. The normalized spacial score (nSPS) is 10.7. The molecule has 1 aromatic rings. The molecule has 0 heterocycles. The van der Waals surface area contributed by atoms with Gasteiger partial charge in [-0.3, -0.25) is 4.79 Å². The molecule has 0 atom stereocenters. The molecule has 1 rings (SSSR count). The summed E-state index contributed by atoms with van der Waals surface area (Å²) in [5, 5.41) is 6.20. The Labute approximate surface area is 128 Å². The van der Waals surface area contributed by atoms with E-state index in [0.29, 0.717) is 18.9 Å². The maximum atomic E-state index is 11.6. The lowest BCUT2D eigenvalue weighted by Gasteiger charge is -2.09. The van der Waals surface area contributed by atoms with Crippen LogP contribution in [0.25, 0.3) is 0 Å². The van der Waals surface area contributed by atoms with Gasteiger partial charge in [-0.2, -0.15) is 0 Å². The van der Waals surface area contributed by atoms with Gasteiger partial charge in [0.1, 0.15) is 5.75 Å². The molecule has 0 aliphatic heterocycles. The lowest BCUT2D eigenvalue weighted by Crippen LogP contribution is -2.30. The third-order valence-corrected chi connectivity index (χ3v) is 2.94. The zero-order chi connectivity index (χ0) is 15.5. The fraction of sp³-hybridized carbons (Fsp3) is 0.588. The highest BCUT2D eigenvalue weighted by Gasteiger charge is 2.02. The van der Waals surface area contributed by atoms with E-state index in [0.717, 1.165) is 31.9 Å². The van der Waals surface area contributed by atoms with Crippen LogP contribution in [0.1, 0.15) is 39.2 Å². The van der Waals surface area contributed by atoms with Crippen LogP contribution in [0.15, 0.2) is 24.3 Å². The summed E-state index contributed by atoms with van der Waals surface area (Å²) < 4.78 is 5.60. The number of nitrogens with one attached hydrogen (secondary N) is 2. The van der Waals surface area contributed by atoms with E-state index < -0.39 is 0 Å². The van der Waals surface area contributed by atoms with Crippen LogP contribution in [-0.2, 0) is 11.3 Å². The summed E-state index contributed by atoms with van der Waals surface area (Å²) in [5.41, 5.74) is 1.17. The van der Waals surface area contributed by atoms with Crippen LogP contribution < -0.4 is 15.4 Å². The Kier molecular flexibility index (Phi) is 8.51. The molecule has 4 nitrogen and oxygen atoms in total. The summed E-state index contributed by atoms with van der Waals surface area (Å²) >= 11 is 0. The summed E-state index contributed by atoms with van der Waals surface area (Å²) in [4.78, 5) is 11.6. The topological polar surface area (TPSA) is 50.4 Å². The maximum absolute atomic E-state index is 11.6. The Bertz CT molecular complexity index is 419. The molecule has 0 fully saturated rings. The molecule has 0 aliphatic rings. The first-order valence-electron chi connectivity index (χ1n) is 7.81. The molecule has 0 saturated carbocycles. The highest BCUT2D eigenvalue weighted by molar-refractivity contribution is 5.76. The monoisotopic (exact) mass is 292 g/mol. The van der Waals surface area contributed by atoms with Crippen molar-refractivity contribution in [2.45, 2.75) is 40.2 Å². The lowest BCUT2D eigenvalue weighted by molar-refractivity contribution is -0.121. The van der Waals surface area contributed by atoms with Crippen LogP contribution >= 0.6 is 0 Å². The van der Waals surface area contributed by atoms with Crippen molar-refractivity contribution >= 4 is 5.91 Å². The van der Waals surface area contributed by atoms with Crippen LogP contribution in [0.3, 0.4) is 0 Å². The van der Waals surface area contributed by atoms with Gasteiger partial charge in [-0.15, -0.1) is 0 Å². The van der Waals surface area contributed by atoms with Gasteiger partial charge >= 0.3 is 0 Å². The number of amides is 1. The van der Waals surface area contributed by atoms with Gasteiger partial charge in [-0.05, 0) is 30.0 Å². The molecular formula is C17H28N2O2. The van der Waals surface area contributed by atoms with E-state index in [1.165, 1.54) is 5.56 Å². The largest absolute Gasteiger partial charge is 0.494 e. The van der Waals surface area contributed by atoms with Crippen molar-refractivity contribution in [2.24, 2.45) is 5.92 Å². The van der Waals surface area contributed by atoms with Gasteiger partial charge < -0.3 is 15.4 Å². The van der Waals surface area contributed by atoms with Crippen molar-refractivity contribution in [1.29, 1.82) is 0 Å². The molecule has 0 aromatic heterocycles. The average molecular weight is 292 g/mol. The van der Waals surface area contributed by atoms with Crippen LogP contribution in [0.5, 0.6) is 5.75 Å². The Morgan fingerprint density at radius 1 is 1.33 bits per heavy atom. The van der Waals surface area contributed by atoms with Crippen molar-refractivity contribution < 1.29 is 9.53 Å². The van der Waals surface area contributed by atoms with E-state index >= 15 is 0 Å². The number of carbonyl (C=O) groups excluding carboxylic acids is 1. The van der Waals surface area contributed by atoms with Crippen molar-refractivity contribution in [3.63, 3.8) is 0 Å². The second kappa shape index (κ2) is 10.2. The van der Waals surface area contributed by atoms with Crippen molar-refractivity contribution in [1.82, 2.24) is 10.6 Å². The van der Waals surface area contributed by atoms with Crippen LogP contribution in [0.2, 0.25) is 0 Å². The van der Waals surface area contributed by atoms with Crippen LogP contribution in [0, 0.1) is 5.92 Å². The van der Waals surface area contributed by atoms with Gasteiger partial charge in [-0.1, -0.05) is 32.9 Å². The molecule has 21 heavy (non-hydrogen) atoms. The summed E-state index contributed by atoms with van der Waals surface area (Å²) in [7, 11) is 0. The number of benzene rings is 1. The van der Waals surface area contributed by atoms with Crippen LogP contribution in [-0.4, -0.2) is 25.6 Å². The average Bonchev–Trinajstić information content (AvgIpc) is 2.48. The second-order valence-electron chi connectivity index (χ2n) is 5.62. The molecule has 4 heteroatoms. The standard InChI is InChI=1S/C17H28N2O2/c1-4-10-21-16-7-5-6-15(11-16)13-18-9-8-17(20)19-12-14(2)3/h5-7,11,14,18H,4,8-10,12-13H2,1-3H3,(H,19,20). The minimum absolute atomic E-state index is 0.108. The predicted molar refractivity (Wildman–Crippen MR) is 86.4 cm³/mol. The Morgan fingerprint density at radius 2 is 2.14 bits per heavy atom. The molecule has 0 unspecified atom stereocenters. The highest BCUT2D eigenvalue weighted by atomic mass is 16.5. The first-order chi connectivity index (χ1) is 10.1. The molecule has 0 saturated heterocycles. The first kappa shape index (κ1) is 17.5. The van der Waals surface area contributed by atoms with E-state index in [2.05, 4.69) is 37.5 Å². The smallest absolute Gasteiger partial charge is 0.221 e. The summed E-state index contributed by atoms with van der Waals surface area (Å²) in [6.07, 6.45) is 1.52. The molecule has 0 spiro atoms. The fourth-order valence-electron chi connectivity index (χ4n) is 1.81. The van der Waals surface area contributed by atoms with Gasteiger partial charge in [0.15, 0.2) is 0 Å². The quantitative estimate of drug-likeness (QED) is 0.652. The number of hydrogen-bond acceptors (Lipinski definition) is 3. The molecule has 0 bridgehead atoms. The zero-order valence-electron chi connectivity index (χ0n) is 13.4. The zero-order valence-corrected chi connectivity index (χ0v) is 13.4. The van der Waals surface area contributed by atoms with E-state index in [1.807, 2.05) is 18.2 Å². The number of rotatable bonds is 10. The molecule has 1 aromatic carbocycles. The van der Waals surface area contributed by atoms with Crippen molar-refractivity contribution in [2.75, 3.05) is 19.7 Å². The van der Waals surface area contributed by atoms with Crippen molar-refractivity contribution in [3.05, 3.63) is 29.8 Å². The number of ether oxygens (including phenoxy) is 1.